The monoisotopic (exact) mass is 384 g/mol. The Balaban J connectivity index is 1.41. The lowest BCUT2D eigenvalue weighted by molar-refractivity contribution is 0.0662. The number of amides is 1. The molecular formula is C21H28N4OS. The van der Waals surface area contributed by atoms with Gasteiger partial charge in [0.15, 0.2) is 0 Å². The van der Waals surface area contributed by atoms with Gasteiger partial charge in [-0.1, -0.05) is 13.0 Å². The molecule has 0 aliphatic carbocycles. The van der Waals surface area contributed by atoms with Crippen molar-refractivity contribution in [3.05, 3.63) is 51.0 Å². The Labute approximate surface area is 165 Å². The zero-order chi connectivity index (χ0) is 18.8. The second-order valence-electron chi connectivity index (χ2n) is 7.62. The average molecular weight is 385 g/mol. The van der Waals surface area contributed by atoms with Crippen molar-refractivity contribution in [3.8, 4) is 0 Å². The summed E-state index contributed by atoms with van der Waals surface area (Å²) in [5.74, 6) is 0.228. The summed E-state index contributed by atoms with van der Waals surface area (Å²) in [6, 6.07) is 4.32. The fourth-order valence-corrected chi connectivity index (χ4v) is 4.98. The predicted molar refractivity (Wildman–Crippen MR) is 109 cm³/mol. The summed E-state index contributed by atoms with van der Waals surface area (Å²) in [5, 5.41) is 2.09. The Bertz CT molecular complexity index is 793. The van der Waals surface area contributed by atoms with Crippen LogP contribution < -0.4 is 0 Å². The number of hydrogen-bond acceptors (Lipinski definition) is 5. The maximum absolute atomic E-state index is 13.0. The summed E-state index contributed by atoms with van der Waals surface area (Å²) in [5.41, 5.74) is 4.64. The van der Waals surface area contributed by atoms with Crippen molar-refractivity contribution in [1.29, 1.82) is 0 Å². The number of hydrogen-bond donors (Lipinski definition) is 0. The van der Waals surface area contributed by atoms with Gasteiger partial charge in [0.2, 0.25) is 0 Å². The van der Waals surface area contributed by atoms with Gasteiger partial charge in [-0.3, -0.25) is 14.7 Å². The third-order valence-corrected chi connectivity index (χ3v) is 6.74. The molecule has 0 N–H and O–H groups in total. The van der Waals surface area contributed by atoms with Crippen LogP contribution in [0.1, 0.15) is 39.0 Å². The molecular weight excluding hydrogens is 356 g/mol. The number of nitrogens with zero attached hydrogens (tertiary/aromatic N) is 4. The third kappa shape index (κ3) is 4.08. The number of piperazine rings is 1. The lowest BCUT2D eigenvalue weighted by Gasteiger charge is -2.33. The first kappa shape index (κ1) is 18.6. The molecule has 0 bridgehead atoms. The van der Waals surface area contributed by atoms with Gasteiger partial charge < -0.3 is 9.80 Å². The molecule has 2 aliphatic rings. The summed E-state index contributed by atoms with van der Waals surface area (Å²) in [4.78, 5) is 25.7. The van der Waals surface area contributed by atoms with Crippen LogP contribution in [-0.4, -0.2) is 65.4 Å². The van der Waals surface area contributed by atoms with E-state index >= 15 is 0 Å². The lowest BCUT2D eigenvalue weighted by atomic mass is 10.0. The number of fused-ring (bicyclic) bond motifs is 1. The van der Waals surface area contributed by atoms with E-state index in [0.29, 0.717) is 0 Å². The van der Waals surface area contributed by atoms with E-state index in [9.17, 15) is 4.79 Å². The second-order valence-corrected chi connectivity index (χ2v) is 8.58. The smallest absolute Gasteiger partial charge is 0.255 e. The van der Waals surface area contributed by atoms with Crippen molar-refractivity contribution in [1.82, 2.24) is 19.7 Å². The fraction of sp³-hybridized carbons (Fsp3) is 0.524. The van der Waals surface area contributed by atoms with Crippen LogP contribution in [0.3, 0.4) is 0 Å². The molecule has 6 heteroatoms. The molecule has 0 unspecified atom stereocenters. The average Bonchev–Trinajstić information content (AvgIpc) is 3.12. The van der Waals surface area contributed by atoms with E-state index in [0.717, 1.165) is 69.9 Å². The highest BCUT2D eigenvalue weighted by molar-refractivity contribution is 7.10. The first-order valence-electron chi connectivity index (χ1n) is 9.87. The highest BCUT2D eigenvalue weighted by atomic mass is 32.1. The minimum absolute atomic E-state index is 0.228. The fourth-order valence-electron chi connectivity index (χ4n) is 3.86. The zero-order valence-electron chi connectivity index (χ0n) is 16.3. The number of carbonyl (C=O) groups is 1. The van der Waals surface area contributed by atoms with Crippen LogP contribution in [0.4, 0.5) is 0 Å². The van der Waals surface area contributed by atoms with Crippen LogP contribution in [0.25, 0.3) is 0 Å². The molecule has 1 fully saturated rings. The lowest BCUT2D eigenvalue weighted by Crippen LogP contribution is -2.47. The molecule has 144 valence electrons. The van der Waals surface area contributed by atoms with E-state index in [1.807, 2.05) is 11.1 Å². The van der Waals surface area contributed by atoms with Crippen LogP contribution in [0.2, 0.25) is 0 Å². The molecule has 4 heterocycles. The van der Waals surface area contributed by atoms with Crippen molar-refractivity contribution in [3.63, 3.8) is 0 Å². The molecule has 0 aromatic carbocycles. The Hall–Kier alpha value is -1.76. The Kier molecular flexibility index (Phi) is 5.57. The second kappa shape index (κ2) is 8.09. The van der Waals surface area contributed by atoms with E-state index in [2.05, 4.69) is 46.3 Å². The van der Waals surface area contributed by atoms with Crippen LogP contribution in [0.15, 0.2) is 23.7 Å². The van der Waals surface area contributed by atoms with E-state index in [1.165, 1.54) is 16.0 Å². The number of likely N-dealkylation sites (N-methyl/N-ethyl adjacent to an activating group) is 1. The summed E-state index contributed by atoms with van der Waals surface area (Å²) in [7, 11) is 2.12. The number of pyridine rings is 1. The molecule has 4 rings (SSSR count). The molecule has 1 amide bonds. The molecule has 2 aromatic heterocycles. The minimum atomic E-state index is 0.228. The van der Waals surface area contributed by atoms with Crippen LogP contribution in [0.5, 0.6) is 0 Å². The van der Waals surface area contributed by atoms with Gasteiger partial charge >= 0.3 is 0 Å². The van der Waals surface area contributed by atoms with Crippen molar-refractivity contribution < 1.29 is 4.79 Å². The van der Waals surface area contributed by atoms with Crippen molar-refractivity contribution in [2.45, 2.75) is 32.9 Å². The molecule has 0 saturated carbocycles. The Morgan fingerprint density at radius 2 is 2.00 bits per heavy atom. The topological polar surface area (TPSA) is 39.7 Å². The first-order chi connectivity index (χ1) is 13.1. The van der Waals surface area contributed by atoms with Gasteiger partial charge in [-0.15, -0.1) is 11.3 Å². The minimum Gasteiger partial charge on any atom is -0.336 e. The summed E-state index contributed by atoms with van der Waals surface area (Å²) >= 11 is 1.75. The van der Waals surface area contributed by atoms with Crippen molar-refractivity contribution in [2.24, 2.45) is 0 Å². The highest BCUT2D eigenvalue weighted by Crippen LogP contribution is 2.30. The number of aromatic nitrogens is 1. The summed E-state index contributed by atoms with van der Waals surface area (Å²) < 4.78 is 0. The van der Waals surface area contributed by atoms with Crippen molar-refractivity contribution in [2.75, 3.05) is 39.8 Å². The number of thiophene rings is 1. The number of carbonyl (C=O) groups excluding carboxylic acids is 1. The maximum atomic E-state index is 13.0. The molecule has 0 atom stereocenters. The SMILES string of the molecule is CCc1ccc(CN2CCc3c(C(=O)N4CCN(C)CC4)csc3C2)nc1. The molecule has 5 nitrogen and oxygen atoms in total. The van der Waals surface area contributed by atoms with E-state index < -0.39 is 0 Å². The predicted octanol–water partition coefficient (Wildman–Crippen LogP) is 2.65. The van der Waals surface area contributed by atoms with Gasteiger partial charge in [0.05, 0.1) is 11.3 Å². The first-order valence-corrected chi connectivity index (χ1v) is 10.7. The van der Waals surface area contributed by atoms with E-state index in [-0.39, 0.29) is 5.91 Å². The number of rotatable bonds is 4. The van der Waals surface area contributed by atoms with Gasteiger partial charge in [0.1, 0.15) is 0 Å². The number of aryl methyl sites for hydroxylation is 1. The highest BCUT2D eigenvalue weighted by Gasteiger charge is 2.27. The van der Waals surface area contributed by atoms with Crippen LogP contribution in [-0.2, 0) is 25.9 Å². The zero-order valence-corrected chi connectivity index (χ0v) is 17.1. The van der Waals surface area contributed by atoms with E-state index in [4.69, 9.17) is 0 Å². The quantitative estimate of drug-likeness (QED) is 0.813. The third-order valence-electron chi connectivity index (χ3n) is 5.73. The normalized spacial score (nSPS) is 18.5. The Morgan fingerprint density at radius 3 is 2.70 bits per heavy atom. The van der Waals surface area contributed by atoms with Gasteiger partial charge in [-0.05, 0) is 37.1 Å². The maximum Gasteiger partial charge on any atom is 0.255 e. The summed E-state index contributed by atoms with van der Waals surface area (Å²) in [6.07, 6.45) is 3.98. The van der Waals surface area contributed by atoms with Gasteiger partial charge in [-0.25, -0.2) is 0 Å². The van der Waals surface area contributed by atoms with E-state index in [1.54, 1.807) is 11.3 Å². The van der Waals surface area contributed by atoms with Gasteiger partial charge in [0, 0.05) is 62.3 Å². The molecule has 2 aromatic rings. The molecule has 0 spiro atoms. The van der Waals surface area contributed by atoms with Crippen LogP contribution >= 0.6 is 11.3 Å². The Morgan fingerprint density at radius 1 is 1.19 bits per heavy atom. The van der Waals surface area contributed by atoms with Crippen molar-refractivity contribution >= 4 is 17.2 Å². The van der Waals surface area contributed by atoms with Crippen LogP contribution in [0, 0.1) is 0 Å². The molecule has 1 saturated heterocycles. The van der Waals surface area contributed by atoms with Gasteiger partial charge in [0.25, 0.3) is 5.91 Å². The standard InChI is InChI=1S/C21H28N4OS/c1-3-16-4-5-17(22-12-16)13-24-7-6-18-19(15-27-20(18)14-24)21(26)25-10-8-23(2)9-11-25/h4-5,12,15H,3,6-11,13-14H2,1-2H3. The molecule has 0 radical (unpaired) electrons. The molecule has 2 aliphatic heterocycles. The largest absolute Gasteiger partial charge is 0.336 e. The van der Waals surface area contributed by atoms with Gasteiger partial charge in [-0.2, -0.15) is 0 Å². The summed E-state index contributed by atoms with van der Waals surface area (Å²) in [6.45, 7) is 8.56. The molecule has 27 heavy (non-hydrogen) atoms.